The number of carbonyl (C=O) groups is 1. The smallest absolute Gasteiger partial charge is 0.243 e. The molecule has 2 aromatic carbocycles. The van der Waals surface area contributed by atoms with E-state index < -0.39 is 22.0 Å². The predicted molar refractivity (Wildman–Crippen MR) is 118 cm³/mol. The van der Waals surface area contributed by atoms with Crippen LogP contribution in [0.5, 0.6) is 5.75 Å². The molecule has 0 aliphatic carbocycles. The van der Waals surface area contributed by atoms with Gasteiger partial charge in [-0.25, -0.2) is 8.42 Å². The Kier molecular flexibility index (Phi) is 8.19. The molecule has 0 aliphatic rings. The molecule has 0 spiro atoms. The second-order valence-corrected chi connectivity index (χ2v) is 9.17. The number of hydrogen-bond donors (Lipinski definition) is 1. The Labute approximate surface area is 181 Å². The fraction of sp³-hybridized carbons (Fsp3) is 0.350. The van der Waals surface area contributed by atoms with E-state index in [4.69, 9.17) is 27.9 Å². The van der Waals surface area contributed by atoms with Crippen molar-refractivity contribution in [3.05, 3.63) is 58.1 Å². The van der Waals surface area contributed by atoms with E-state index in [1.807, 2.05) is 24.3 Å². The Balaban J connectivity index is 2.01. The summed E-state index contributed by atoms with van der Waals surface area (Å²) in [7, 11) is -3.78. The fourth-order valence-corrected chi connectivity index (χ4v) is 4.35. The number of rotatable bonds is 9. The third-order valence-corrected chi connectivity index (χ3v) is 6.02. The topological polar surface area (TPSA) is 75.7 Å². The number of nitrogens with one attached hydrogen (secondary N) is 1. The van der Waals surface area contributed by atoms with Crippen LogP contribution in [0.15, 0.2) is 42.5 Å². The lowest BCUT2D eigenvalue weighted by atomic mass is 10.2. The molecule has 0 radical (unpaired) electrons. The molecular formula is C20H24Cl2N2O4S. The van der Waals surface area contributed by atoms with E-state index in [0.29, 0.717) is 10.8 Å². The Hall–Kier alpha value is -1.96. The van der Waals surface area contributed by atoms with Gasteiger partial charge in [0.25, 0.3) is 0 Å². The van der Waals surface area contributed by atoms with Crippen LogP contribution < -0.4 is 14.4 Å². The van der Waals surface area contributed by atoms with Crippen molar-refractivity contribution in [2.75, 3.05) is 23.7 Å². The molecule has 6 nitrogen and oxygen atoms in total. The summed E-state index contributed by atoms with van der Waals surface area (Å²) in [5.41, 5.74) is 1.36. The van der Waals surface area contributed by atoms with E-state index in [1.54, 1.807) is 6.07 Å². The van der Waals surface area contributed by atoms with Gasteiger partial charge < -0.3 is 10.1 Å². The molecule has 1 N–H and O–H groups in total. The second kappa shape index (κ2) is 10.2. The lowest BCUT2D eigenvalue weighted by Crippen LogP contribution is -2.48. The van der Waals surface area contributed by atoms with Crippen molar-refractivity contribution < 1.29 is 17.9 Å². The van der Waals surface area contributed by atoms with E-state index in [-0.39, 0.29) is 23.9 Å². The molecule has 1 amide bonds. The van der Waals surface area contributed by atoms with Gasteiger partial charge in [0.05, 0.1) is 23.5 Å². The maximum absolute atomic E-state index is 12.5. The highest BCUT2D eigenvalue weighted by molar-refractivity contribution is 7.92. The molecule has 9 heteroatoms. The highest BCUT2D eigenvalue weighted by atomic mass is 35.5. The zero-order valence-corrected chi connectivity index (χ0v) is 18.8. The maximum atomic E-state index is 12.5. The summed E-state index contributed by atoms with van der Waals surface area (Å²) in [6, 6.07) is 11.1. The summed E-state index contributed by atoms with van der Waals surface area (Å²) < 4.78 is 31.2. The van der Waals surface area contributed by atoms with E-state index in [9.17, 15) is 13.2 Å². The second-order valence-electron chi connectivity index (χ2n) is 6.47. The number of nitrogens with zero attached hydrogens (tertiary/aromatic N) is 1. The summed E-state index contributed by atoms with van der Waals surface area (Å²) >= 11 is 12.1. The van der Waals surface area contributed by atoms with E-state index in [0.717, 1.165) is 17.0 Å². The van der Waals surface area contributed by atoms with Crippen molar-refractivity contribution in [3.63, 3.8) is 0 Å². The molecule has 29 heavy (non-hydrogen) atoms. The van der Waals surface area contributed by atoms with Gasteiger partial charge in [0.2, 0.25) is 15.9 Å². The molecule has 0 saturated heterocycles. The molecule has 0 bridgehead atoms. The quantitative estimate of drug-likeness (QED) is 0.577. The van der Waals surface area contributed by atoms with Crippen molar-refractivity contribution in [3.8, 4) is 5.75 Å². The SMILES string of the molecule is CCc1ccc(OCCNC(=O)C(C)N(c2cc(Cl)ccc2Cl)S(C)(=O)=O)cc1. The fourth-order valence-electron chi connectivity index (χ4n) is 2.75. The van der Waals surface area contributed by atoms with Gasteiger partial charge in [-0.1, -0.05) is 42.3 Å². The van der Waals surface area contributed by atoms with Crippen molar-refractivity contribution in [2.24, 2.45) is 0 Å². The maximum Gasteiger partial charge on any atom is 0.243 e. The summed E-state index contributed by atoms with van der Waals surface area (Å²) in [4.78, 5) is 12.5. The van der Waals surface area contributed by atoms with Gasteiger partial charge in [-0.3, -0.25) is 9.10 Å². The Morgan fingerprint density at radius 2 is 1.83 bits per heavy atom. The molecule has 0 heterocycles. The monoisotopic (exact) mass is 458 g/mol. The van der Waals surface area contributed by atoms with Crippen molar-refractivity contribution >= 4 is 44.8 Å². The third-order valence-electron chi connectivity index (χ3n) is 4.24. The molecule has 158 valence electrons. The van der Waals surface area contributed by atoms with Crippen LogP contribution in [0, 0.1) is 0 Å². The van der Waals surface area contributed by atoms with Gasteiger partial charge in [-0.2, -0.15) is 0 Å². The first kappa shape index (κ1) is 23.3. The van der Waals surface area contributed by atoms with Crippen LogP contribution in [0.25, 0.3) is 0 Å². The van der Waals surface area contributed by atoms with Gasteiger partial charge in [0.1, 0.15) is 18.4 Å². The minimum absolute atomic E-state index is 0.150. The molecule has 2 aromatic rings. The minimum Gasteiger partial charge on any atom is -0.492 e. The van der Waals surface area contributed by atoms with Crippen LogP contribution in [0.1, 0.15) is 19.4 Å². The highest BCUT2D eigenvalue weighted by Gasteiger charge is 2.30. The zero-order valence-electron chi connectivity index (χ0n) is 16.5. The first-order valence-electron chi connectivity index (χ1n) is 9.07. The van der Waals surface area contributed by atoms with Gasteiger partial charge in [-0.05, 0) is 49.2 Å². The van der Waals surface area contributed by atoms with E-state index in [2.05, 4.69) is 12.2 Å². The highest BCUT2D eigenvalue weighted by Crippen LogP contribution is 2.32. The van der Waals surface area contributed by atoms with Crippen molar-refractivity contribution in [1.29, 1.82) is 0 Å². The van der Waals surface area contributed by atoms with Crippen LogP contribution in [-0.2, 0) is 21.2 Å². The number of sulfonamides is 1. The third kappa shape index (κ3) is 6.52. The van der Waals surface area contributed by atoms with Crippen molar-refractivity contribution in [2.45, 2.75) is 26.3 Å². The first-order chi connectivity index (χ1) is 13.6. The number of ether oxygens (including phenoxy) is 1. The van der Waals surface area contributed by atoms with Crippen LogP contribution >= 0.6 is 23.2 Å². The van der Waals surface area contributed by atoms with Gasteiger partial charge in [0.15, 0.2) is 0 Å². The van der Waals surface area contributed by atoms with Crippen molar-refractivity contribution in [1.82, 2.24) is 5.32 Å². The van der Waals surface area contributed by atoms with E-state index >= 15 is 0 Å². The summed E-state index contributed by atoms with van der Waals surface area (Å²) in [6.07, 6.45) is 1.96. The summed E-state index contributed by atoms with van der Waals surface area (Å²) in [6.45, 7) is 4.03. The van der Waals surface area contributed by atoms with Crippen LogP contribution in [0.2, 0.25) is 10.0 Å². The minimum atomic E-state index is -3.78. The van der Waals surface area contributed by atoms with Gasteiger partial charge in [0, 0.05) is 5.02 Å². The Morgan fingerprint density at radius 1 is 1.17 bits per heavy atom. The molecule has 0 aromatic heterocycles. The summed E-state index contributed by atoms with van der Waals surface area (Å²) in [5.74, 6) is 0.226. The normalized spacial score (nSPS) is 12.3. The lowest BCUT2D eigenvalue weighted by Gasteiger charge is -2.29. The first-order valence-corrected chi connectivity index (χ1v) is 11.7. The number of anilines is 1. The molecule has 2 rings (SSSR count). The number of halogens is 2. The summed E-state index contributed by atoms with van der Waals surface area (Å²) in [5, 5.41) is 3.18. The predicted octanol–water partition coefficient (Wildman–Crippen LogP) is 3.91. The van der Waals surface area contributed by atoms with E-state index in [1.165, 1.54) is 24.6 Å². The average molecular weight is 459 g/mol. The molecule has 1 unspecified atom stereocenters. The number of hydrogen-bond acceptors (Lipinski definition) is 4. The molecular weight excluding hydrogens is 435 g/mol. The molecule has 0 aliphatic heterocycles. The van der Waals surface area contributed by atoms with Crippen LogP contribution in [0.3, 0.4) is 0 Å². The number of aryl methyl sites for hydroxylation is 1. The number of amides is 1. The molecule has 0 fully saturated rings. The molecule has 1 atom stereocenters. The van der Waals surface area contributed by atoms with Crippen LogP contribution in [-0.4, -0.2) is 39.8 Å². The number of benzene rings is 2. The van der Waals surface area contributed by atoms with Crippen LogP contribution in [0.4, 0.5) is 5.69 Å². The van der Waals surface area contributed by atoms with Gasteiger partial charge in [-0.15, -0.1) is 0 Å². The zero-order chi connectivity index (χ0) is 21.6. The Morgan fingerprint density at radius 3 is 2.41 bits per heavy atom. The number of carbonyl (C=O) groups excluding carboxylic acids is 1. The standard InChI is InChI=1S/C20H24Cl2N2O4S/c1-4-15-5-8-17(9-6-15)28-12-11-23-20(25)14(2)24(29(3,26)27)19-13-16(21)7-10-18(19)22/h5-10,13-14H,4,11-12H2,1-3H3,(H,23,25). The Bertz CT molecular complexity index is 949. The van der Waals surface area contributed by atoms with Gasteiger partial charge >= 0.3 is 0 Å². The average Bonchev–Trinajstić information content (AvgIpc) is 2.67. The largest absolute Gasteiger partial charge is 0.492 e. The lowest BCUT2D eigenvalue weighted by molar-refractivity contribution is -0.121. The molecule has 0 saturated carbocycles.